The Morgan fingerprint density at radius 1 is 0.733 bits per heavy atom. The molecule has 0 unspecified atom stereocenters. The fraction of sp³-hybridized carbons (Fsp3) is 0.440. The average Bonchev–Trinajstić information content (AvgIpc) is 2.64. The van der Waals surface area contributed by atoms with Crippen LogP contribution in [0.4, 0.5) is 5.69 Å². The minimum Gasteiger partial charge on any atom is -0.461 e. The number of carbonyl (C=O) groups is 2. The number of carbonyl (C=O) groups excluding carboxylic acids is 2. The van der Waals surface area contributed by atoms with Gasteiger partial charge in [-0.05, 0) is 70.4 Å². The number of nitrogens with one attached hydrogen (secondary N) is 1. The van der Waals surface area contributed by atoms with E-state index >= 15 is 0 Å². The molecule has 162 valence electrons. The number of benzene rings is 2. The first-order valence-corrected chi connectivity index (χ1v) is 10.2. The number of hydrogen-bond donors (Lipinski definition) is 1. The van der Waals surface area contributed by atoms with Crippen LogP contribution in [0.2, 0.25) is 0 Å². The monoisotopic (exact) mass is 411 g/mol. The molecule has 1 N–H and O–H groups in total. The zero-order valence-electron chi connectivity index (χ0n) is 18.9. The van der Waals surface area contributed by atoms with Gasteiger partial charge in [-0.3, -0.25) is 9.59 Å². The maximum Gasteiger partial charge on any atom is 0.311 e. The molecule has 5 heteroatoms. The van der Waals surface area contributed by atoms with Gasteiger partial charge in [0.05, 0.1) is 11.8 Å². The summed E-state index contributed by atoms with van der Waals surface area (Å²) in [6.07, 6.45) is 0.200. The SMILES string of the molecule is CC(C)(C)Nc1ccc(COC(=O)Cc2ccc(COC(=O)C(C)(C)C)cc2)cc1. The van der Waals surface area contributed by atoms with Crippen LogP contribution in [0.25, 0.3) is 0 Å². The lowest BCUT2D eigenvalue weighted by Crippen LogP contribution is -2.25. The topological polar surface area (TPSA) is 64.6 Å². The minimum atomic E-state index is -0.521. The standard InChI is InChI=1S/C25H33NO4/c1-24(2,3)23(28)30-17-19-9-7-18(8-10-19)15-22(27)29-16-20-11-13-21(14-12-20)26-25(4,5)6/h7-14,26H,15-17H2,1-6H3. The summed E-state index contributed by atoms with van der Waals surface area (Å²) in [5.41, 5.74) is 3.19. The molecule has 2 aromatic carbocycles. The Balaban J connectivity index is 1.79. The molecule has 0 saturated carbocycles. The predicted molar refractivity (Wildman–Crippen MR) is 119 cm³/mol. The normalized spacial score (nSPS) is 11.7. The molecule has 0 aliphatic rings. The molecule has 0 aromatic heterocycles. The van der Waals surface area contributed by atoms with E-state index in [1.807, 2.05) is 69.3 Å². The summed E-state index contributed by atoms with van der Waals surface area (Å²) in [4.78, 5) is 24.0. The summed E-state index contributed by atoms with van der Waals surface area (Å²) in [7, 11) is 0. The zero-order chi connectivity index (χ0) is 22.4. The van der Waals surface area contributed by atoms with Crippen molar-refractivity contribution >= 4 is 17.6 Å². The van der Waals surface area contributed by atoms with Crippen LogP contribution in [0.3, 0.4) is 0 Å². The van der Waals surface area contributed by atoms with Crippen LogP contribution in [0, 0.1) is 5.41 Å². The number of ether oxygens (including phenoxy) is 2. The van der Waals surface area contributed by atoms with E-state index in [0.29, 0.717) is 0 Å². The lowest BCUT2D eigenvalue weighted by atomic mass is 9.97. The van der Waals surface area contributed by atoms with Crippen molar-refractivity contribution in [3.63, 3.8) is 0 Å². The van der Waals surface area contributed by atoms with E-state index in [1.54, 1.807) is 0 Å². The highest BCUT2D eigenvalue weighted by molar-refractivity contribution is 5.75. The Hall–Kier alpha value is -2.82. The van der Waals surface area contributed by atoms with E-state index in [9.17, 15) is 9.59 Å². The smallest absolute Gasteiger partial charge is 0.311 e. The van der Waals surface area contributed by atoms with E-state index in [4.69, 9.17) is 9.47 Å². The molecule has 0 saturated heterocycles. The molecule has 0 amide bonds. The van der Waals surface area contributed by atoms with E-state index in [2.05, 4.69) is 26.1 Å². The number of rotatable bonds is 7. The molecular weight excluding hydrogens is 378 g/mol. The van der Waals surface area contributed by atoms with Crippen molar-refractivity contribution in [1.29, 1.82) is 0 Å². The van der Waals surface area contributed by atoms with E-state index < -0.39 is 5.41 Å². The van der Waals surface area contributed by atoms with Gasteiger partial charge in [0.2, 0.25) is 0 Å². The van der Waals surface area contributed by atoms with Crippen LogP contribution in [0.1, 0.15) is 58.2 Å². The predicted octanol–water partition coefficient (Wildman–Crippen LogP) is 5.27. The molecule has 0 heterocycles. The molecule has 0 fully saturated rings. The molecule has 5 nitrogen and oxygen atoms in total. The summed E-state index contributed by atoms with van der Waals surface area (Å²) < 4.78 is 10.7. The highest BCUT2D eigenvalue weighted by atomic mass is 16.5. The molecule has 0 radical (unpaired) electrons. The molecule has 0 atom stereocenters. The van der Waals surface area contributed by atoms with Gasteiger partial charge in [0.25, 0.3) is 0 Å². The number of anilines is 1. The first-order chi connectivity index (χ1) is 13.9. The zero-order valence-corrected chi connectivity index (χ0v) is 18.9. The van der Waals surface area contributed by atoms with Gasteiger partial charge in [0.15, 0.2) is 0 Å². The Labute approximate surface area is 179 Å². The second-order valence-corrected chi connectivity index (χ2v) is 9.55. The van der Waals surface area contributed by atoms with Gasteiger partial charge in [0, 0.05) is 11.2 Å². The molecular formula is C25H33NO4. The van der Waals surface area contributed by atoms with Crippen molar-refractivity contribution in [2.45, 2.75) is 66.7 Å². The van der Waals surface area contributed by atoms with Gasteiger partial charge in [-0.15, -0.1) is 0 Å². The maximum atomic E-state index is 12.1. The van der Waals surface area contributed by atoms with Gasteiger partial charge in [-0.2, -0.15) is 0 Å². The quantitative estimate of drug-likeness (QED) is 0.629. The van der Waals surface area contributed by atoms with E-state index in [1.165, 1.54) is 0 Å². The van der Waals surface area contributed by atoms with Gasteiger partial charge < -0.3 is 14.8 Å². The third-order valence-corrected chi connectivity index (χ3v) is 4.23. The van der Waals surface area contributed by atoms with Gasteiger partial charge >= 0.3 is 11.9 Å². The Kier molecular flexibility index (Phi) is 7.65. The highest BCUT2D eigenvalue weighted by Crippen LogP contribution is 2.18. The van der Waals surface area contributed by atoms with Crippen molar-refractivity contribution in [3.05, 3.63) is 65.2 Å². The van der Waals surface area contributed by atoms with Crippen LogP contribution in [0.5, 0.6) is 0 Å². The average molecular weight is 412 g/mol. The van der Waals surface area contributed by atoms with Crippen molar-refractivity contribution in [1.82, 2.24) is 0 Å². The fourth-order valence-corrected chi connectivity index (χ4v) is 2.62. The van der Waals surface area contributed by atoms with Crippen molar-refractivity contribution < 1.29 is 19.1 Å². The molecule has 2 rings (SSSR count). The number of esters is 2. The lowest BCUT2D eigenvalue weighted by Gasteiger charge is -2.22. The van der Waals surface area contributed by atoms with Gasteiger partial charge in [-0.1, -0.05) is 36.4 Å². The van der Waals surface area contributed by atoms with Crippen molar-refractivity contribution in [2.75, 3.05) is 5.32 Å². The fourth-order valence-electron chi connectivity index (χ4n) is 2.62. The van der Waals surface area contributed by atoms with E-state index in [-0.39, 0.29) is 37.1 Å². The summed E-state index contributed by atoms with van der Waals surface area (Å²) in [6.45, 7) is 12.2. The third-order valence-electron chi connectivity index (χ3n) is 4.23. The lowest BCUT2D eigenvalue weighted by molar-refractivity contribution is -0.154. The Morgan fingerprint density at radius 2 is 1.20 bits per heavy atom. The van der Waals surface area contributed by atoms with Crippen molar-refractivity contribution in [2.24, 2.45) is 5.41 Å². The first-order valence-electron chi connectivity index (χ1n) is 10.2. The Bertz CT molecular complexity index is 841. The molecule has 0 aliphatic heterocycles. The molecule has 0 aliphatic carbocycles. The van der Waals surface area contributed by atoms with Crippen LogP contribution in [-0.2, 0) is 38.7 Å². The van der Waals surface area contributed by atoms with Gasteiger partial charge in [-0.25, -0.2) is 0 Å². The molecule has 30 heavy (non-hydrogen) atoms. The van der Waals surface area contributed by atoms with Gasteiger partial charge in [0.1, 0.15) is 13.2 Å². The summed E-state index contributed by atoms with van der Waals surface area (Å²) >= 11 is 0. The summed E-state index contributed by atoms with van der Waals surface area (Å²) in [5.74, 6) is -0.517. The third kappa shape index (κ3) is 8.27. The summed E-state index contributed by atoms with van der Waals surface area (Å²) in [6, 6.07) is 15.3. The minimum absolute atomic E-state index is 0.00221. The Morgan fingerprint density at radius 3 is 1.70 bits per heavy atom. The molecule has 0 bridgehead atoms. The molecule has 0 spiro atoms. The van der Waals surface area contributed by atoms with Crippen LogP contribution < -0.4 is 5.32 Å². The summed E-state index contributed by atoms with van der Waals surface area (Å²) in [5, 5.41) is 3.40. The van der Waals surface area contributed by atoms with Crippen LogP contribution in [-0.4, -0.2) is 17.5 Å². The largest absolute Gasteiger partial charge is 0.461 e. The van der Waals surface area contributed by atoms with Crippen LogP contribution in [0.15, 0.2) is 48.5 Å². The highest BCUT2D eigenvalue weighted by Gasteiger charge is 2.22. The second kappa shape index (κ2) is 9.79. The maximum absolute atomic E-state index is 12.1. The first kappa shape index (κ1) is 23.5. The van der Waals surface area contributed by atoms with Crippen molar-refractivity contribution in [3.8, 4) is 0 Å². The van der Waals surface area contributed by atoms with Crippen LogP contribution >= 0.6 is 0 Å². The second-order valence-electron chi connectivity index (χ2n) is 9.55. The number of hydrogen-bond acceptors (Lipinski definition) is 5. The van der Waals surface area contributed by atoms with E-state index in [0.717, 1.165) is 22.4 Å². The molecule has 2 aromatic rings.